The zero-order valence-electron chi connectivity index (χ0n) is 12.4. The van der Waals surface area contributed by atoms with Gasteiger partial charge in [0, 0.05) is 34.2 Å². The number of alkyl halides is 2. The van der Waals surface area contributed by atoms with E-state index in [4.69, 9.17) is 9.79 Å². The average molecular weight is 441 g/mol. The lowest BCUT2D eigenvalue weighted by Crippen LogP contribution is -2.12. The van der Waals surface area contributed by atoms with Crippen LogP contribution in [-0.2, 0) is 10.2 Å². The number of hydrogen-bond acceptors (Lipinski definition) is 3. The molecule has 0 saturated carbocycles. The van der Waals surface area contributed by atoms with Gasteiger partial charge < -0.3 is 14.7 Å². The number of fused-ring (bicyclic) bond motifs is 1. The van der Waals surface area contributed by atoms with E-state index in [1.54, 1.807) is 19.0 Å². The van der Waals surface area contributed by atoms with Crippen molar-refractivity contribution in [2.24, 2.45) is 4.99 Å². The minimum absolute atomic E-state index is 0.151. The summed E-state index contributed by atoms with van der Waals surface area (Å²) in [5, 5.41) is 0.258. The lowest BCUT2D eigenvalue weighted by atomic mass is 10.1. The van der Waals surface area contributed by atoms with Crippen LogP contribution in [0, 0.1) is 0 Å². The second-order valence-electron chi connectivity index (χ2n) is 5.05. The summed E-state index contributed by atoms with van der Waals surface area (Å²) in [4.78, 5) is 34.2. The second-order valence-corrected chi connectivity index (χ2v) is 8.55. The molecule has 0 aliphatic rings. The lowest BCUT2D eigenvalue weighted by molar-refractivity contribution is 0.0595. The van der Waals surface area contributed by atoms with Gasteiger partial charge in [-0.2, -0.15) is 13.8 Å². The third kappa shape index (κ3) is 3.57. The van der Waals surface area contributed by atoms with Crippen molar-refractivity contribution >= 4 is 57.2 Å². The topological polar surface area (TPSA) is 90.2 Å². The first kappa shape index (κ1) is 19.1. The molecule has 1 aromatic carbocycles. The maximum absolute atomic E-state index is 14.0. The van der Waals surface area contributed by atoms with Gasteiger partial charge in [0.25, 0.3) is 5.91 Å². The van der Waals surface area contributed by atoms with E-state index < -0.39 is 24.0 Å². The number of amides is 1. The van der Waals surface area contributed by atoms with Crippen molar-refractivity contribution in [3.8, 4) is 0 Å². The molecule has 11 heteroatoms. The van der Waals surface area contributed by atoms with Crippen molar-refractivity contribution in [1.29, 1.82) is 0 Å². The first-order valence-electron chi connectivity index (χ1n) is 6.36. The normalized spacial score (nSPS) is 13.0. The number of halogens is 3. The summed E-state index contributed by atoms with van der Waals surface area (Å²) in [5.74, 6) is -0.563. The third-order valence-electron chi connectivity index (χ3n) is 2.92. The Morgan fingerprint density at radius 1 is 1.42 bits per heavy atom. The Balaban J connectivity index is 2.54. The number of thiophene rings is 1. The molecule has 0 spiro atoms. The number of carbonyl (C=O) groups excluding carboxylic acids is 1. The summed E-state index contributed by atoms with van der Waals surface area (Å²) in [6.07, 6.45) is 1.31. The van der Waals surface area contributed by atoms with Crippen LogP contribution in [0.15, 0.2) is 27.7 Å². The van der Waals surface area contributed by atoms with Gasteiger partial charge >= 0.3 is 13.3 Å². The quantitative estimate of drug-likeness (QED) is 0.430. The van der Waals surface area contributed by atoms with Gasteiger partial charge in [0.05, 0.1) is 6.34 Å². The highest BCUT2D eigenvalue weighted by atomic mass is 79.9. The number of benzene rings is 1. The summed E-state index contributed by atoms with van der Waals surface area (Å²) >= 11 is 3.50. The fraction of sp³-hybridized carbons (Fsp3) is 0.231. The van der Waals surface area contributed by atoms with E-state index in [9.17, 15) is 18.1 Å². The Morgan fingerprint density at radius 2 is 2.04 bits per heavy atom. The van der Waals surface area contributed by atoms with E-state index in [1.807, 2.05) is 0 Å². The predicted molar refractivity (Wildman–Crippen MR) is 92.0 cm³/mol. The van der Waals surface area contributed by atoms with Crippen LogP contribution in [0.4, 0.5) is 8.78 Å². The van der Waals surface area contributed by atoms with Gasteiger partial charge in [0.2, 0.25) is 0 Å². The van der Waals surface area contributed by atoms with Crippen molar-refractivity contribution in [2.45, 2.75) is 5.66 Å². The van der Waals surface area contributed by atoms with Crippen molar-refractivity contribution in [1.82, 2.24) is 4.90 Å². The van der Waals surface area contributed by atoms with Crippen LogP contribution in [0.25, 0.3) is 10.1 Å². The number of nitrogens with zero attached hydrogens (tertiary/aromatic N) is 2. The zero-order chi connectivity index (χ0) is 18.3. The molecule has 0 bridgehead atoms. The molecule has 2 N–H and O–H groups in total. The molecule has 1 aromatic heterocycles. The van der Waals surface area contributed by atoms with Gasteiger partial charge in [0.15, 0.2) is 0 Å². The van der Waals surface area contributed by atoms with Gasteiger partial charge in [-0.05, 0) is 34.1 Å². The first-order chi connectivity index (χ1) is 10.9. The van der Waals surface area contributed by atoms with Crippen molar-refractivity contribution in [3.05, 3.63) is 33.1 Å². The minimum Gasteiger partial charge on any atom is -0.369 e. The zero-order valence-corrected chi connectivity index (χ0v) is 15.7. The fourth-order valence-corrected chi connectivity index (χ4v) is 4.69. The molecule has 0 aliphatic carbocycles. The monoisotopic (exact) mass is 440 g/mol. The largest absolute Gasteiger partial charge is 0.400 e. The van der Waals surface area contributed by atoms with Crippen LogP contribution in [0.5, 0.6) is 0 Å². The second kappa shape index (κ2) is 6.61. The highest BCUT2D eigenvalue weighted by Gasteiger charge is 2.53. The van der Waals surface area contributed by atoms with Crippen molar-refractivity contribution in [3.63, 3.8) is 0 Å². The van der Waals surface area contributed by atoms with E-state index in [1.165, 1.54) is 24.5 Å². The van der Waals surface area contributed by atoms with Gasteiger partial charge in [-0.1, -0.05) is 0 Å². The summed E-state index contributed by atoms with van der Waals surface area (Å²) in [6.45, 7) is 0. The Kier molecular flexibility index (Phi) is 5.27. The molecule has 0 radical (unpaired) electrons. The van der Waals surface area contributed by atoms with Gasteiger partial charge in [0.1, 0.15) is 4.88 Å². The molecule has 6 nitrogen and oxygen atoms in total. The number of rotatable bonds is 4. The molecule has 24 heavy (non-hydrogen) atoms. The molecule has 0 saturated heterocycles. The van der Waals surface area contributed by atoms with E-state index in [-0.39, 0.29) is 15.4 Å². The molecule has 2 rings (SSSR count). The van der Waals surface area contributed by atoms with Crippen LogP contribution in [0.3, 0.4) is 0 Å². The lowest BCUT2D eigenvalue weighted by Gasteiger charge is -2.16. The highest BCUT2D eigenvalue weighted by molar-refractivity contribution is 9.10. The number of aliphatic imine (C=N–C) groups is 1. The summed E-state index contributed by atoms with van der Waals surface area (Å²) < 4.78 is 39.2. The Labute approximate surface area is 148 Å². The van der Waals surface area contributed by atoms with Crippen molar-refractivity contribution in [2.75, 3.05) is 14.1 Å². The Hall–Kier alpha value is -1.19. The Bertz CT molecular complexity index is 878. The smallest absolute Gasteiger partial charge is 0.369 e. The standard InChI is InChI=1S/C13H12BrF2N2O4PS/c1-18(2)6-17-12(19)7-3-4-9-8(5-7)10(14)11(24-9)13(15,16)23(20,21)22/h3-6H,1-2H3,(H2,20,21,22)/b17-6+. The molecule has 0 unspecified atom stereocenters. The summed E-state index contributed by atoms with van der Waals surface area (Å²) in [7, 11) is -2.30. The van der Waals surface area contributed by atoms with Crippen LogP contribution in [0.1, 0.15) is 15.2 Å². The molecule has 0 atom stereocenters. The minimum atomic E-state index is -5.67. The third-order valence-corrected chi connectivity index (χ3v) is 6.35. The fourth-order valence-electron chi connectivity index (χ4n) is 1.77. The molecule has 1 heterocycles. The molecular weight excluding hydrogens is 429 g/mol. The van der Waals surface area contributed by atoms with Crippen molar-refractivity contribution < 1.29 is 27.9 Å². The van der Waals surface area contributed by atoms with E-state index in [0.717, 1.165) is 0 Å². The molecule has 1 amide bonds. The van der Waals surface area contributed by atoms with E-state index in [2.05, 4.69) is 20.9 Å². The van der Waals surface area contributed by atoms with Gasteiger partial charge in [-0.25, -0.2) is 0 Å². The maximum Gasteiger partial charge on any atom is 0.400 e. The van der Waals surface area contributed by atoms with E-state index in [0.29, 0.717) is 16.0 Å². The summed E-state index contributed by atoms with van der Waals surface area (Å²) in [6, 6.07) is 4.20. The molecule has 0 aliphatic heterocycles. The number of hydrogen-bond donors (Lipinski definition) is 2. The van der Waals surface area contributed by atoms with E-state index >= 15 is 0 Å². The molecular formula is C13H12BrF2N2O4PS. The number of carbonyl (C=O) groups is 1. The van der Waals surface area contributed by atoms with Gasteiger partial charge in [-0.15, -0.1) is 11.3 Å². The van der Waals surface area contributed by atoms with Gasteiger partial charge in [-0.3, -0.25) is 9.36 Å². The predicted octanol–water partition coefficient (Wildman–Crippen LogP) is 3.62. The molecule has 130 valence electrons. The SMILES string of the molecule is CN(C)/C=N/C(=O)c1ccc2sc(C(F)(F)P(=O)(O)O)c(Br)c2c1. The Morgan fingerprint density at radius 3 is 2.58 bits per heavy atom. The molecule has 0 fully saturated rings. The molecule has 2 aromatic rings. The van der Waals surface area contributed by atoms with Crippen LogP contribution in [0.2, 0.25) is 0 Å². The maximum atomic E-state index is 14.0. The average Bonchev–Trinajstić information content (AvgIpc) is 2.81. The highest BCUT2D eigenvalue weighted by Crippen LogP contribution is 2.62. The van der Waals surface area contributed by atoms with Crippen LogP contribution < -0.4 is 0 Å². The van der Waals surface area contributed by atoms with Crippen LogP contribution in [-0.4, -0.2) is 41.0 Å². The van der Waals surface area contributed by atoms with Crippen LogP contribution >= 0.6 is 34.9 Å². The first-order valence-corrected chi connectivity index (χ1v) is 9.58. The summed E-state index contributed by atoms with van der Waals surface area (Å²) in [5.41, 5.74) is -4.15.